The maximum Gasteiger partial charge on any atom is 0.333 e. The van der Waals surface area contributed by atoms with E-state index in [1.54, 1.807) is 0 Å². The number of hydrogen-bond acceptors (Lipinski definition) is 3. The number of aromatic nitrogens is 1. The van der Waals surface area contributed by atoms with Gasteiger partial charge in [-0.3, -0.25) is 0 Å². The zero-order chi connectivity index (χ0) is 43.3. The van der Waals surface area contributed by atoms with Crippen LogP contribution in [0.25, 0.3) is 93.6 Å². The van der Waals surface area contributed by atoms with E-state index in [0.29, 0.717) is 0 Å². The van der Waals surface area contributed by atoms with Gasteiger partial charge >= 0.3 is 6.85 Å². The maximum atomic E-state index is 7.23. The van der Waals surface area contributed by atoms with E-state index in [4.69, 9.17) is 8.83 Å². The van der Waals surface area contributed by atoms with Crippen LogP contribution in [0.4, 0.5) is 11.4 Å². The third-order valence-electron chi connectivity index (χ3n) is 15.3. The summed E-state index contributed by atoms with van der Waals surface area (Å²) in [5, 5.41) is 6.95. The van der Waals surface area contributed by atoms with E-state index in [0.717, 1.165) is 49.7 Å². The highest BCUT2D eigenvalue weighted by Gasteiger charge is 2.48. The van der Waals surface area contributed by atoms with Crippen LogP contribution in [0.1, 0.15) is 77.6 Å². The second kappa shape index (κ2) is 11.8. The van der Waals surface area contributed by atoms with Crippen molar-refractivity contribution in [3.63, 3.8) is 0 Å². The highest BCUT2D eigenvalue weighted by Crippen LogP contribution is 2.55. The highest BCUT2D eigenvalue weighted by atomic mass is 16.3. The van der Waals surface area contributed by atoms with Crippen molar-refractivity contribution in [2.24, 2.45) is 0 Å². The summed E-state index contributed by atoms with van der Waals surface area (Å²) in [6.45, 7) is 18.5. The molecule has 0 radical (unpaired) electrons. The standard InChI is InChI=1S/C59H47BN2O2/c1-57(2,3)32-21-24-34(25-22-32)62-46-29-39-36-16-10-13-19-48(36)63-50(39)30-41(46)51-52-37-17-11-14-20-49(37)64-56(52)53-40-27-33(58(4,5)6)23-26-45(40)61-47-28-38-35-15-9-12-18-42(35)59(7,8)43(38)31-44(47)60(62)54(51)55(53)61/h9-31H,1-8H3. The summed E-state index contributed by atoms with van der Waals surface area (Å²) in [6, 6.07) is 52.6. The fourth-order valence-corrected chi connectivity index (χ4v) is 12.1. The lowest BCUT2D eigenvalue weighted by Gasteiger charge is -2.42. The lowest BCUT2D eigenvalue weighted by atomic mass is 9.43. The summed E-state index contributed by atoms with van der Waals surface area (Å²) < 4.78 is 16.6. The molecule has 4 nitrogen and oxygen atoms in total. The molecule has 14 rings (SSSR count). The summed E-state index contributed by atoms with van der Waals surface area (Å²) in [7, 11) is 0. The average Bonchev–Trinajstić information content (AvgIpc) is 4.01. The second-order valence-corrected chi connectivity index (χ2v) is 21.3. The van der Waals surface area contributed by atoms with Crippen LogP contribution >= 0.6 is 0 Å². The minimum atomic E-state index is -0.182. The summed E-state index contributed by atoms with van der Waals surface area (Å²) in [5.41, 5.74) is 22.4. The van der Waals surface area contributed by atoms with E-state index in [2.05, 4.69) is 204 Å². The van der Waals surface area contributed by atoms with Crippen LogP contribution < -0.4 is 15.7 Å². The predicted molar refractivity (Wildman–Crippen MR) is 269 cm³/mol. The molecule has 0 saturated heterocycles. The number of para-hydroxylation sites is 2. The van der Waals surface area contributed by atoms with Crippen LogP contribution in [0.15, 0.2) is 148 Å². The van der Waals surface area contributed by atoms with Gasteiger partial charge in [-0.05, 0) is 115 Å². The molecule has 5 heteroatoms. The van der Waals surface area contributed by atoms with Gasteiger partial charge in [0.15, 0.2) is 0 Å². The van der Waals surface area contributed by atoms with Gasteiger partial charge in [0.25, 0.3) is 0 Å². The number of furan rings is 2. The molecule has 64 heavy (non-hydrogen) atoms. The summed E-state index contributed by atoms with van der Waals surface area (Å²) in [4.78, 5) is 2.67. The van der Waals surface area contributed by atoms with Gasteiger partial charge in [0, 0.05) is 55.0 Å². The fraction of sp³-hybridized carbons (Fsp3) is 0.186. The van der Waals surface area contributed by atoms with Crippen LogP contribution in [0.5, 0.6) is 0 Å². The molecule has 0 saturated carbocycles. The molecule has 3 aromatic heterocycles. The Kier molecular flexibility index (Phi) is 6.72. The zero-order valence-corrected chi connectivity index (χ0v) is 37.6. The fourth-order valence-electron chi connectivity index (χ4n) is 12.1. The van der Waals surface area contributed by atoms with E-state index >= 15 is 0 Å². The summed E-state index contributed by atoms with van der Waals surface area (Å²) in [6.07, 6.45) is 0. The van der Waals surface area contributed by atoms with Crippen LogP contribution in [-0.2, 0) is 16.2 Å². The Morgan fingerprint density at radius 1 is 0.516 bits per heavy atom. The predicted octanol–water partition coefficient (Wildman–Crippen LogP) is 14.7. The van der Waals surface area contributed by atoms with Gasteiger partial charge in [-0.1, -0.05) is 140 Å². The minimum Gasteiger partial charge on any atom is -0.456 e. The minimum absolute atomic E-state index is 0.0122. The van der Waals surface area contributed by atoms with Crippen LogP contribution in [0.2, 0.25) is 0 Å². The van der Waals surface area contributed by atoms with E-state index in [1.807, 2.05) is 0 Å². The van der Waals surface area contributed by atoms with E-state index in [1.165, 1.54) is 88.4 Å². The molecular formula is C59H47BN2O2. The third-order valence-corrected chi connectivity index (χ3v) is 15.3. The molecule has 0 unspecified atom stereocenters. The number of anilines is 2. The van der Waals surface area contributed by atoms with Gasteiger partial charge in [0.1, 0.15) is 22.3 Å². The third kappa shape index (κ3) is 4.49. The van der Waals surface area contributed by atoms with Crippen LogP contribution in [-0.4, -0.2) is 11.4 Å². The number of fused-ring (bicyclic) bond motifs is 19. The Labute approximate surface area is 372 Å². The van der Waals surface area contributed by atoms with Crippen molar-refractivity contribution in [2.45, 2.75) is 71.6 Å². The first-order chi connectivity index (χ1) is 30.8. The normalized spacial score (nSPS) is 14.9. The number of nitrogens with zero attached hydrogens (tertiary/aromatic N) is 2. The molecule has 11 aromatic rings. The molecule has 0 amide bonds. The van der Waals surface area contributed by atoms with Gasteiger partial charge in [-0.15, -0.1) is 0 Å². The zero-order valence-electron chi connectivity index (χ0n) is 37.6. The van der Waals surface area contributed by atoms with Gasteiger partial charge in [0.05, 0.1) is 16.4 Å². The molecule has 2 aliphatic heterocycles. The van der Waals surface area contributed by atoms with E-state index < -0.39 is 0 Å². The Morgan fingerprint density at radius 3 is 1.97 bits per heavy atom. The van der Waals surface area contributed by atoms with Crippen molar-refractivity contribution >= 4 is 94.8 Å². The molecule has 1 aliphatic carbocycles. The Balaban J connectivity index is 1.23. The molecule has 0 fully saturated rings. The summed E-state index contributed by atoms with van der Waals surface area (Å²) >= 11 is 0. The van der Waals surface area contributed by atoms with Crippen molar-refractivity contribution < 1.29 is 8.83 Å². The average molecular weight is 827 g/mol. The van der Waals surface area contributed by atoms with Gasteiger partial charge < -0.3 is 18.2 Å². The van der Waals surface area contributed by atoms with Crippen molar-refractivity contribution in [3.05, 3.63) is 162 Å². The molecule has 0 atom stereocenters. The van der Waals surface area contributed by atoms with Gasteiger partial charge in [-0.2, -0.15) is 0 Å². The lowest BCUT2D eigenvalue weighted by molar-refractivity contribution is 0.590. The molecule has 0 bridgehead atoms. The topological polar surface area (TPSA) is 34.5 Å². The number of hydrogen-bond donors (Lipinski definition) is 0. The number of rotatable bonds is 1. The molecule has 8 aromatic carbocycles. The van der Waals surface area contributed by atoms with Gasteiger partial charge in [0.2, 0.25) is 0 Å². The molecule has 308 valence electrons. The van der Waals surface area contributed by atoms with Crippen molar-refractivity contribution in [2.75, 3.05) is 4.81 Å². The van der Waals surface area contributed by atoms with Crippen LogP contribution in [0.3, 0.4) is 0 Å². The first-order valence-corrected chi connectivity index (χ1v) is 22.9. The molecule has 5 heterocycles. The second-order valence-electron chi connectivity index (χ2n) is 21.3. The highest BCUT2D eigenvalue weighted by molar-refractivity contribution is 6.94. The van der Waals surface area contributed by atoms with Crippen molar-refractivity contribution in [1.29, 1.82) is 0 Å². The first-order valence-electron chi connectivity index (χ1n) is 22.9. The molecule has 0 N–H and O–H groups in total. The largest absolute Gasteiger partial charge is 0.456 e. The summed E-state index contributed by atoms with van der Waals surface area (Å²) in [5.74, 6) is 0. The Hall–Kier alpha value is -6.98. The van der Waals surface area contributed by atoms with E-state index in [9.17, 15) is 0 Å². The maximum absolute atomic E-state index is 7.23. The van der Waals surface area contributed by atoms with Crippen molar-refractivity contribution in [1.82, 2.24) is 4.57 Å². The monoisotopic (exact) mass is 826 g/mol. The Bertz CT molecular complexity index is 3900. The van der Waals surface area contributed by atoms with E-state index in [-0.39, 0.29) is 23.1 Å². The quantitative estimate of drug-likeness (QED) is 0.155. The molecular weight excluding hydrogens is 779 g/mol. The Morgan fingerprint density at radius 2 is 1.20 bits per heavy atom. The van der Waals surface area contributed by atoms with Crippen molar-refractivity contribution in [3.8, 4) is 27.9 Å². The van der Waals surface area contributed by atoms with Crippen LogP contribution in [0, 0.1) is 0 Å². The smallest absolute Gasteiger partial charge is 0.333 e. The molecule has 3 aliphatic rings. The first kappa shape index (κ1) is 36.5. The molecule has 0 spiro atoms. The SMILES string of the molecule is CC(C)(C)c1ccc(N2B3c4cc5c(cc4-n4c6ccc(C(C)(C)C)cc6c6c7oc8ccccc8c7c(c3c64)-c3cc4oc6ccccc6c4cc32)-c2ccccc2C5(C)C)cc1. The van der Waals surface area contributed by atoms with Gasteiger partial charge in [-0.25, -0.2) is 0 Å². The number of benzene rings is 8. The lowest BCUT2D eigenvalue weighted by Crippen LogP contribution is -2.60.